The van der Waals surface area contributed by atoms with E-state index >= 15 is 0 Å². The van der Waals surface area contributed by atoms with Gasteiger partial charge in [-0.25, -0.2) is 0 Å². The number of nitro benzene ring substituents is 2. The van der Waals surface area contributed by atoms with Crippen molar-refractivity contribution >= 4 is 22.8 Å². The summed E-state index contributed by atoms with van der Waals surface area (Å²) in [4.78, 5) is 20.5. The largest absolute Gasteiger partial charge is 0.507 e. The van der Waals surface area contributed by atoms with Crippen LogP contribution in [0.4, 0.5) is 17.1 Å². The molecule has 0 heterocycles. The highest BCUT2D eigenvalue weighted by Gasteiger charge is 2.20. The van der Waals surface area contributed by atoms with Crippen molar-refractivity contribution in [3.05, 3.63) is 67.8 Å². The number of hydrogen-bond acceptors (Lipinski definition) is 7. The molecule has 0 saturated carbocycles. The third-order valence-electron chi connectivity index (χ3n) is 3.99. The lowest BCUT2D eigenvalue weighted by Crippen LogP contribution is -2.12. The Kier molecular flexibility index (Phi) is 5.44. The molecule has 2 N–H and O–H groups in total. The van der Waals surface area contributed by atoms with Gasteiger partial charge in [0.15, 0.2) is 0 Å². The van der Waals surface area contributed by atoms with Gasteiger partial charge >= 0.3 is 5.69 Å². The SMILES string of the molecule is C/C(=N\Nc1ccc([N+](=O)[O-])cc1[N+](=O)[O-])c1cc(C(C)(C)C)ccc1O. The van der Waals surface area contributed by atoms with Gasteiger partial charge in [-0.05, 0) is 36.1 Å². The molecule has 0 aliphatic heterocycles. The highest BCUT2D eigenvalue weighted by Crippen LogP contribution is 2.30. The van der Waals surface area contributed by atoms with E-state index < -0.39 is 15.5 Å². The van der Waals surface area contributed by atoms with Crippen molar-refractivity contribution < 1.29 is 15.0 Å². The number of benzene rings is 2. The van der Waals surface area contributed by atoms with Crippen molar-refractivity contribution in [3.8, 4) is 5.75 Å². The molecule has 0 aromatic heterocycles. The molecule has 2 aromatic carbocycles. The maximum absolute atomic E-state index is 11.2. The molecule has 142 valence electrons. The van der Waals surface area contributed by atoms with E-state index in [0.717, 1.165) is 17.7 Å². The molecule has 0 bridgehead atoms. The van der Waals surface area contributed by atoms with E-state index in [1.165, 1.54) is 6.07 Å². The van der Waals surface area contributed by atoms with Gasteiger partial charge in [-0.15, -0.1) is 0 Å². The van der Waals surface area contributed by atoms with Gasteiger partial charge in [0, 0.05) is 11.6 Å². The Morgan fingerprint density at radius 3 is 2.30 bits per heavy atom. The van der Waals surface area contributed by atoms with Gasteiger partial charge in [0.05, 0.1) is 21.6 Å². The lowest BCUT2D eigenvalue weighted by atomic mass is 9.85. The summed E-state index contributed by atoms with van der Waals surface area (Å²) in [5, 5.41) is 36.2. The highest BCUT2D eigenvalue weighted by atomic mass is 16.6. The van der Waals surface area contributed by atoms with Crippen LogP contribution in [-0.2, 0) is 5.41 Å². The third kappa shape index (κ3) is 4.57. The molecular formula is C18H20N4O5. The van der Waals surface area contributed by atoms with Crippen LogP contribution >= 0.6 is 0 Å². The zero-order valence-electron chi connectivity index (χ0n) is 15.4. The van der Waals surface area contributed by atoms with Crippen LogP contribution in [0.1, 0.15) is 38.8 Å². The number of hydrazone groups is 1. The van der Waals surface area contributed by atoms with Crippen molar-refractivity contribution in [3.63, 3.8) is 0 Å². The lowest BCUT2D eigenvalue weighted by Gasteiger charge is -2.20. The van der Waals surface area contributed by atoms with Crippen LogP contribution in [0.15, 0.2) is 41.5 Å². The Hall–Kier alpha value is -3.49. The summed E-state index contributed by atoms with van der Waals surface area (Å²) in [7, 11) is 0. The molecule has 0 amide bonds. The van der Waals surface area contributed by atoms with Gasteiger partial charge in [0.25, 0.3) is 5.69 Å². The van der Waals surface area contributed by atoms with E-state index in [9.17, 15) is 25.3 Å². The number of rotatable bonds is 5. The molecule has 0 fully saturated rings. The maximum Gasteiger partial charge on any atom is 0.301 e. The molecule has 0 atom stereocenters. The number of nitrogens with zero attached hydrogens (tertiary/aromatic N) is 3. The molecule has 0 spiro atoms. The molecule has 9 heteroatoms. The molecule has 27 heavy (non-hydrogen) atoms. The van der Waals surface area contributed by atoms with Gasteiger partial charge in [0.1, 0.15) is 11.4 Å². The number of nitro groups is 2. The van der Waals surface area contributed by atoms with Gasteiger partial charge in [0.2, 0.25) is 0 Å². The van der Waals surface area contributed by atoms with E-state index in [1.54, 1.807) is 19.1 Å². The number of phenolic OH excluding ortho intramolecular Hbond substituents is 1. The summed E-state index contributed by atoms with van der Waals surface area (Å²) in [6, 6.07) is 8.44. The van der Waals surface area contributed by atoms with Crippen LogP contribution in [0.5, 0.6) is 5.75 Å². The summed E-state index contributed by atoms with van der Waals surface area (Å²) < 4.78 is 0. The summed E-state index contributed by atoms with van der Waals surface area (Å²) in [5.74, 6) is 0.0317. The summed E-state index contributed by atoms with van der Waals surface area (Å²) in [5.41, 5.74) is 3.47. The van der Waals surface area contributed by atoms with Crippen molar-refractivity contribution in [1.29, 1.82) is 0 Å². The Bertz CT molecular complexity index is 932. The minimum absolute atomic E-state index is 0.0106. The number of phenols is 1. The molecule has 9 nitrogen and oxygen atoms in total. The monoisotopic (exact) mass is 372 g/mol. The quantitative estimate of drug-likeness (QED) is 0.456. The van der Waals surface area contributed by atoms with Gasteiger partial charge in [-0.2, -0.15) is 5.10 Å². The normalized spacial score (nSPS) is 11.9. The predicted molar refractivity (Wildman–Crippen MR) is 102 cm³/mol. The van der Waals surface area contributed by atoms with E-state index in [2.05, 4.69) is 10.5 Å². The number of non-ortho nitro benzene ring substituents is 1. The van der Waals surface area contributed by atoms with Crippen molar-refractivity contribution in [2.24, 2.45) is 5.10 Å². The first-order chi connectivity index (χ1) is 12.5. The number of nitrogens with one attached hydrogen (secondary N) is 1. The second-order valence-electron chi connectivity index (χ2n) is 7.01. The second-order valence-corrected chi connectivity index (χ2v) is 7.01. The van der Waals surface area contributed by atoms with E-state index in [1.807, 2.05) is 26.8 Å². The Labute approximate surface area is 155 Å². The topological polar surface area (TPSA) is 131 Å². The zero-order chi connectivity index (χ0) is 20.4. The van der Waals surface area contributed by atoms with Crippen LogP contribution in [-0.4, -0.2) is 20.7 Å². The third-order valence-corrected chi connectivity index (χ3v) is 3.99. The minimum Gasteiger partial charge on any atom is -0.507 e. The zero-order valence-corrected chi connectivity index (χ0v) is 15.4. The Morgan fingerprint density at radius 1 is 1.07 bits per heavy atom. The first kappa shape index (κ1) is 19.8. The van der Waals surface area contributed by atoms with Crippen molar-refractivity contribution in [2.45, 2.75) is 33.1 Å². The smallest absolute Gasteiger partial charge is 0.301 e. The first-order valence-electron chi connectivity index (χ1n) is 8.07. The highest BCUT2D eigenvalue weighted by molar-refractivity contribution is 6.01. The Morgan fingerprint density at radius 2 is 1.74 bits per heavy atom. The van der Waals surface area contributed by atoms with Crippen LogP contribution in [0.3, 0.4) is 0 Å². The Balaban J connectivity index is 2.38. The molecule has 0 aliphatic rings. The first-order valence-corrected chi connectivity index (χ1v) is 8.07. The van der Waals surface area contributed by atoms with Crippen molar-refractivity contribution in [1.82, 2.24) is 0 Å². The van der Waals surface area contributed by atoms with Crippen LogP contribution < -0.4 is 5.43 Å². The molecule has 2 aromatic rings. The summed E-state index contributed by atoms with van der Waals surface area (Å²) in [6.07, 6.45) is 0. The van der Waals surface area contributed by atoms with Gasteiger partial charge < -0.3 is 5.11 Å². The van der Waals surface area contributed by atoms with E-state index in [4.69, 9.17) is 0 Å². The fourth-order valence-electron chi connectivity index (χ4n) is 2.38. The average Bonchev–Trinajstić information content (AvgIpc) is 2.58. The van der Waals surface area contributed by atoms with Crippen molar-refractivity contribution in [2.75, 3.05) is 5.43 Å². The fourth-order valence-corrected chi connectivity index (χ4v) is 2.38. The summed E-state index contributed by atoms with van der Waals surface area (Å²) >= 11 is 0. The van der Waals surface area contributed by atoms with Gasteiger partial charge in [-0.1, -0.05) is 26.8 Å². The van der Waals surface area contributed by atoms with E-state index in [0.29, 0.717) is 11.3 Å². The van der Waals surface area contributed by atoms with Crippen LogP contribution in [0, 0.1) is 20.2 Å². The fraction of sp³-hybridized carbons (Fsp3) is 0.278. The van der Waals surface area contributed by atoms with Gasteiger partial charge in [-0.3, -0.25) is 25.7 Å². The summed E-state index contributed by atoms with van der Waals surface area (Å²) in [6.45, 7) is 7.75. The molecule has 0 radical (unpaired) electrons. The number of hydrogen-bond donors (Lipinski definition) is 2. The average molecular weight is 372 g/mol. The number of anilines is 1. The lowest BCUT2D eigenvalue weighted by molar-refractivity contribution is -0.393. The molecule has 2 rings (SSSR count). The van der Waals surface area contributed by atoms with Crippen LogP contribution in [0.25, 0.3) is 0 Å². The molecule has 0 unspecified atom stereocenters. The molecular weight excluding hydrogens is 352 g/mol. The molecule has 0 saturated heterocycles. The predicted octanol–water partition coefficient (Wildman–Crippen LogP) is 4.34. The number of aromatic hydroxyl groups is 1. The maximum atomic E-state index is 11.2. The second kappa shape index (κ2) is 7.40. The van der Waals surface area contributed by atoms with E-state index in [-0.39, 0.29) is 22.5 Å². The standard InChI is InChI=1S/C18H20N4O5/c1-11(14-9-12(18(2,3)4)5-8-17(14)23)19-20-15-7-6-13(21(24)25)10-16(15)22(26)27/h5-10,20,23H,1-4H3/b19-11+. The minimum atomic E-state index is -0.724. The van der Waals surface area contributed by atoms with Crippen LogP contribution in [0.2, 0.25) is 0 Å². The molecule has 0 aliphatic carbocycles.